The minimum absolute atomic E-state index is 0.168. The lowest BCUT2D eigenvalue weighted by Crippen LogP contribution is -2.15. The number of carbonyl (C=O) groups excluding carboxylic acids is 1. The van der Waals surface area contributed by atoms with Gasteiger partial charge in [-0.1, -0.05) is 24.3 Å². The van der Waals surface area contributed by atoms with Crippen LogP contribution in [-0.4, -0.2) is 11.0 Å². The highest BCUT2D eigenvalue weighted by molar-refractivity contribution is 6.05. The molecule has 0 saturated heterocycles. The largest absolute Gasteiger partial charge is 0.392 e. The number of aliphatic hydroxyl groups excluding tert-OH is 1. The van der Waals surface area contributed by atoms with Gasteiger partial charge in [-0.15, -0.1) is 0 Å². The van der Waals surface area contributed by atoms with Gasteiger partial charge in [-0.05, 0) is 30.7 Å². The fourth-order valence-corrected chi connectivity index (χ4v) is 1.81. The summed E-state index contributed by atoms with van der Waals surface area (Å²) in [6, 6.07) is 11.0. The highest BCUT2D eigenvalue weighted by Gasteiger charge is 2.11. The molecule has 4 heteroatoms. The van der Waals surface area contributed by atoms with E-state index in [4.69, 9.17) is 0 Å². The van der Waals surface area contributed by atoms with Crippen LogP contribution in [0.2, 0.25) is 0 Å². The number of hydrogen-bond donors (Lipinski definition) is 2. The molecule has 2 rings (SSSR count). The molecular formula is C15H14FNO2. The van der Waals surface area contributed by atoms with Crippen LogP contribution >= 0.6 is 0 Å². The van der Waals surface area contributed by atoms with Crippen molar-refractivity contribution in [2.24, 2.45) is 0 Å². The first-order valence-corrected chi connectivity index (χ1v) is 5.88. The van der Waals surface area contributed by atoms with Gasteiger partial charge in [0.2, 0.25) is 0 Å². The molecule has 19 heavy (non-hydrogen) atoms. The van der Waals surface area contributed by atoms with Crippen LogP contribution in [0.5, 0.6) is 0 Å². The van der Waals surface area contributed by atoms with E-state index in [1.807, 2.05) is 0 Å². The first-order chi connectivity index (χ1) is 9.11. The molecule has 98 valence electrons. The molecule has 0 heterocycles. The van der Waals surface area contributed by atoms with E-state index in [9.17, 15) is 14.3 Å². The molecule has 0 radical (unpaired) electrons. The Hall–Kier alpha value is -2.20. The van der Waals surface area contributed by atoms with Gasteiger partial charge in [0, 0.05) is 16.8 Å². The first kappa shape index (κ1) is 13.2. The second kappa shape index (κ2) is 5.63. The number of amides is 1. The molecule has 0 aromatic heterocycles. The first-order valence-electron chi connectivity index (χ1n) is 5.88. The van der Waals surface area contributed by atoms with Gasteiger partial charge in [-0.2, -0.15) is 0 Å². The zero-order valence-electron chi connectivity index (χ0n) is 10.5. The van der Waals surface area contributed by atoms with Crippen LogP contribution < -0.4 is 5.32 Å². The summed E-state index contributed by atoms with van der Waals surface area (Å²) < 4.78 is 13.2. The smallest absolute Gasteiger partial charge is 0.256 e. The van der Waals surface area contributed by atoms with Crippen LogP contribution in [-0.2, 0) is 6.61 Å². The third kappa shape index (κ3) is 2.98. The van der Waals surface area contributed by atoms with Crippen molar-refractivity contribution in [3.05, 3.63) is 65.0 Å². The molecule has 0 aliphatic heterocycles. The Morgan fingerprint density at radius 1 is 1.26 bits per heavy atom. The van der Waals surface area contributed by atoms with Crippen molar-refractivity contribution < 1.29 is 14.3 Å². The Morgan fingerprint density at radius 3 is 2.74 bits per heavy atom. The molecule has 0 saturated carbocycles. The minimum atomic E-state index is -0.453. The molecule has 2 aromatic rings. The lowest BCUT2D eigenvalue weighted by Gasteiger charge is -2.10. The Morgan fingerprint density at radius 2 is 2.00 bits per heavy atom. The van der Waals surface area contributed by atoms with E-state index in [1.54, 1.807) is 37.3 Å². The van der Waals surface area contributed by atoms with E-state index in [2.05, 4.69) is 5.32 Å². The zero-order chi connectivity index (χ0) is 13.8. The van der Waals surface area contributed by atoms with E-state index in [-0.39, 0.29) is 12.2 Å². The topological polar surface area (TPSA) is 49.3 Å². The van der Waals surface area contributed by atoms with Gasteiger partial charge in [-0.25, -0.2) is 4.39 Å². The van der Waals surface area contributed by atoms with Crippen LogP contribution in [0, 0.1) is 12.7 Å². The second-order valence-electron chi connectivity index (χ2n) is 4.23. The molecule has 0 atom stereocenters. The van der Waals surface area contributed by atoms with Gasteiger partial charge < -0.3 is 10.4 Å². The van der Waals surface area contributed by atoms with Gasteiger partial charge in [0.05, 0.1) is 6.61 Å². The third-order valence-electron chi connectivity index (χ3n) is 2.88. The maximum atomic E-state index is 13.2. The Balaban J connectivity index is 2.28. The maximum Gasteiger partial charge on any atom is 0.256 e. The van der Waals surface area contributed by atoms with Gasteiger partial charge in [0.1, 0.15) is 5.82 Å². The monoisotopic (exact) mass is 259 g/mol. The molecule has 3 nitrogen and oxygen atoms in total. The number of anilines is 1. The molecule has 0 bridgehead atoms. The summed E-state index contributed by atoms with van der Waals surface area (Å²) in [5, 5.41) is 11.9. The summed E-state index contributed by atoms with van der Waals surface area (Å²) in [7, 11) is 0. The van der Waals surface area contributed by atoms with Crippen molar-refractivity contribution in [1.82, 2.24) is 0 Å². The second-order valence-corrected chi connectivity index (χ2v) is 4.23. The van der Waals surface area contributed by atoms with Crippen LogP contribution in [0.15, 0.2) is 42.5 Å². The summed E-state index contributed by atoms with van der Waals surface area (Å²) in [5.41, 5.74) is 2.12. The number of aryl methyl sites for hydroxylation is 1. The third-order valence-corrected chi connectivity index (χ3v) is 2.88. The van der Waals surface area contributed by atoms with E-state index in [0.717, 1.165) is 0 Å². The minimum Gasteiger partial charge on any atom is -0.392 e. The summed E-state index contributed by atoms with van der Waals surface area (Å²) >= 11 is 0. The van der Waals surface area contributed by atoms with Crippen molar-refractivity contribution in [1.29, 1.82) is 0 Å². The number of carbonyl (C=O) groups is 1. The molecule has 0 fully saturated rings. The number of hydrogen-bond acceptors (Lipinski definition) is 2. The van der Waals surface area contributed by atoms with Crippen LogP contribution in [0.25, 0.3) is 0 Å². The average Bonchev–Trinajstić information content (AvgIpc) is 2.42. The quantitative estimate of drug-likeness (QED) is 0.890. The lowest BCUT2D eigenvalue weighted by atomic mass is 10.1. The predicted octanol–water partition coefficient (Wildman–Crippen LogP) is 2.88. The van der Waals surface area contributed by atoms with Crippen molar-refractivity contribution in [3.63, 3.8) is 0 Å². The summed E-state index contributed by atoms with van der Waals surface area (Å²) in [6.45, 7) is 1.57. The molecule has 0 spiro atoms. The van der Waals surface area contributed by atoms with Crippen LogP contribution in [0.1, 0.15) is 21.5 Å². The summed E-state index contributed by atoms with van der Waals surface area (Å²) in [5.74, 6) is -0.843. The van der Waals surface area contributed by atoms with Gasteiger partial charge in [0.15, 0.2) is 0 Å². The van der Waals surface area contributed by atoms with E-state index in [1.165, 1.54) is 12.1 Å². The zero-order valence-corrected chi connectivity index (χ0v) is 10.5. The molecule has 2 N–H and O–H groups in total. The van der Waals surface area contributed by atoms with Gasteiger partial charge >= 0.3 is 0 Å². The molecule has 2 aromatic carbocycles. The number of aliphatic hydroxyl groups is 1. The fraction of sp³-hybridized carbons (Fsp3) is 0.133. The Bertz CT molecular complexity index is 611. The maximum absolute atomic E-state index is 13.2. The van der Waals surface area contributed by atoms with E-state index >= 15 is 0 Å². The number of benzene rings is 2. The Labute approximate surface area is 110 Å². The van der Waals surface area contributed by atoms with Crippen molar-refractivity contribution in [3.8, 4) is 0 Å². The van der Waals surface area contributed by atoms with E-state index < -0.39 is 11.7 Å². The van der Waals surface area contributed by atoms with Crippen molar-refractivity contribution in [2.45, 2.75) is 13.5 Å². The fourth-order valence-electron chi connectivity index (χ4n) is 1.81. The summed E-state index contributed by atoms with van der Waals surface area (Å²) in [4.78, 5) is 12.1. The highest BCUT2D eigenvalue weighted by Crippen LogP contribution is 2.17. The highest BCUT2D eigenvalue weighted by atomic mass is 19.1. The van der Waals surface area contributed by atoms with Gasteiger partial charge in [0.25, 0.3) is 5.91 Å². The molecule has 1 amide bonds. The molecule has 0 aliphatic rings. The number of para-hydroxylation sites is 1. The predicted molar refractivity (Wildman–Crippen MR) is 71.5 cm³/mol. The Kier molecular flexibility index (Phi) is 3.92. The average molecular weight is 259 g/mol. The SMILES string of the molecule is Cc1ccc(F)cc1C(=O)Nc1ccccc1CO. The summed E-state index contributed by atoms with van der Waals surface area (Å²) in [6.07, 6.45) is 0. The standard InChI is InChI=1S/C15H14FNO2/c1-10-6-7-12(16)8-13(10)15(19)17-14-5-3-2-4-11(14)9-18/h2-8,18H,9H2,1H3,(H,17,19). The molecule has 0 aliphatic carbocycles. The van der Waals surface area contributed by atoms with Gasteiger partial charge in [-0.3, -0.25) is 4.79 Å². The normalized spacial score (nSPS) is 10.3. The van der Waals surface area contributed by atoms with Crippen LogP contribution in [0.3, 0.4) is 0 Å². The number of nitrogens with one attached hydrogen (secondary N) is 1. The number of rotatable bonds is 3. The lowest BCUT2D eigenvalue weighted by molar-refractivity contribution is 0.102. The van der Waals surface area contributed by atoms with Crippen molar-refractivity contribution >= 4 is 11.6 Å². The molecular weight excluding hydrogens is 245 g/mol. The number of halogens is 1. The van der Waals surface area contributed by atoms with Crippen LogP contribution in [0.4, 0.5) is 10.1 Å². The van der Waals surface area contributed by atoms with E-state index in [0.29, 0.717) is 16.8 Å². The molecule has 0 unspecified atom stereocenters. The van der Waals surface area contributed by atoms with Crippen molar-refractivity contribution in [2.75, 3.05) is 5.32 Å².